The van der Waals surface area contributed by atoms with E-state index in [1.54, 1.807) is 7.11 Å². The number of carbonyl (C=O) groups is 2. The number of hydrogen-bond donors (Lipinski definition) is 1. The molecule has 4 rings (SSSR count). The number of aliphatic hydroxyl groups is 1. The second kappa shape index (κ2) is 11.0. The van der Waals surface area contributed by atoms with Crippen LogP contribution in [0.15, 0.2) is 48.5 Å². The molecule has 1 saturated heterocycles. The molecule has 8 heteroatoms. The third kappa shape index (κ3) is 4.71. The number of methoxy groups -OCH3 is 2. The van der Waals surface area contributed by atoms with Crippen molar-refractivity contribution in [3.63, 3.8) is 0 Å². The zero-order valence-corrected chi connectivity index (χ0v) is 23.5. The average molecular weight is 526 g/mol. The topological polar surface area (TPSA) is 85.3 Å². The fraction of sp³-hybridized carbons (Fsp3) is 0.517. The molecule has 2 aliphatic rings. The minimum Gasteiger partial charge on any atom is -0.497 e. The molecule has 2 aliphatic heterocycles. The molecular formula is C29H39NO6Si. The summed E-state index contributed by atoms with van der Waals surface area (Å²) < 4.78 is 17.0. The van der Waals surface area contributed by atoms with Crippen LogP contribution in [-0.4, -0.2) is 58.5 Å². The van der Waals surface area contributed by atoms with E-state index < -0.39 is 13.7 Å². The molecule has 0 aromatic heterocycles. The zero-order chi connectivity index (χ0) is 26.8. The van der Waals surface area contributed by atoms with Gasteiger partial charge in [-0.1, -0.05) is 55.5 Å². The Labute approximate surface area is 220 Å². The molecular weight excluding hydrogens is 486 g/mol. The van der Waals surface area contributed by atoms with Crippen LogP contribution < -0.4 is 14.8 Å². The van der Waals surface area contributed by atoms with Gasteiger partial charge in [-0.15, -0.1) is 0 Å². The number of anilines is 1. The van der Waals surface area contributed by atoms with Crippen LogP contribution >= 0.6 is 0 Å². The predicted octanol–water partition coefficient (Wildman–Crippen LogP) is 3.98. The van der Waals surface area contributed by atoms with Crippen LogP contribution in [0.2, 0.25) is 18.6 Å². The SMILES string of the molecule is COC(=O)CCCCN1C(=O)[C@@]2(O[C@@H](CCO)[C@H]([Si](C)(C)c3ccc(OC)cc3)[C@H]2C)c2ccccc21. The Bertz CT molecular complexity index is 1120. The standard InChI is InChI=1S/C29H39NO6Si/c1-20-27(37(4,5)22-15-13-21(34-2)14-16-22)25(17-19-31)36-29(20)23-10-6-7-11-24(23)30(28(29)33)18-9-8-12-26(32)35-3/h6-7,10-11,13-16,20,25,27,31H,8-9,12,17-19H2,1-5H3/t20-,25+,27-,29+/m1/s1. The first-order valence-corrected chi connectivity index (χ1v) is 16.2. The summed E-state index contributed by atoms with van der Waals surface area (Å²) in [5.74, 6) is 0.457. The third-order valence-corrected chi connectivity index (χ3v) is 12.8. The normalized spacial score (nSPS) is 25.0. The molecule has 0 aliphatic carbocycles. The lowest BCUT2D eigenvalue weighted by atomic mass is 9.82. The number of aliphatic hydroxyl groups excluding tert-OH is 1. The van der Waals surface area contributed by atoms with Gasteiger partial charge in [0, 0.05) is 31.1 Å². The number of carbonyl (C=O) groups excluding carboxylic acids is 2. The Morgan fingerprint density at radius 3 is 2.46 bits per heavy atom. The van der Waals surface area contributed by atoms with Crippen molar-refractivity contribution in [3.8, 4) is 5.75 Å². The molecule has 7 nitrogen and oxygen atoms in total. The lowest BCUT2D eigenvalue weighted by molar-refractivity contribution is -0.146. The maximum atomic E-state index is 14.3. The van der Waals surface area contributed by atoms with E-state index in [-0.39, 0.29) is 36.0 Å². The van der Waals surface area contributed by atoms with Crippen LogP contribution in [0.1, 0.15) is 38.2 Å². The predicted molar refractivity (Wildman–Crippen MR) is 146 cm³/mol. The van der Waals surface area contributed by atoms with Crippen LogP contribution in [-0.2, 0) is 24.7 Å². The number of rotatable bonds is 10. The van der Waals surface area contributed by atoms with E-state index in [1.807, 2.05) is 41.3 Å². The van der Waals surface area contributed by atoms with Crippen molar-refractivity contribution in [1.29, 1.82) is 0 Å². The van der Waals surface area contributed by atoms with Crippen molar-refractivity contribution in [1.82, 2.24) is 0 Å². The van der Waals surface area contributed by atoms with Crippen molar-refractivity contribution < 1.29 is 28.9 Å². The number of nitrogens with zero attached hydrogens (tertiary/aromatic N) is 1. The van der Waals surface area contributed by atoms with Gasteiger partial charge in [-0.2, -0.15) is 0 Å². The van der Waals surface area contributed by atoms with Crippen molar-refractivity contribution in [3.05, 3.63) is 54.1 Å². The minimum atomic E-state index is -2.17. The second-order valence-electron chi connectivity index (χ2n) is 10.7. The molecule has 0 radical (unpaired) electrons. The highest BCUT2D eigenvalue weighted by atomic mass is 28.3. The minimum absolute atomic E-state index is 0.00411. The summed E-state index contributed by atoms with van der Waals surface area (Å²) in [7, 11) is 0.879. The van der Waals surface area contributed by atoms with Gasteiger partial charge in [0.1, 0.15) is 5.75 Å². The summed E-state index contributed by atoms with van der Waals surface area (Å²) in [6, 6.07) is 16.2. The lowest BCUT2D eigenvalue weighted by Crippen LogP contribution is -2.52. The maximum absolute atomic E-state index is 14.3. The number of hydrogen-bond acceptors (Lipinski definition) is 6. The first kappa shape index (κ1) is 27.4. The van der Waals surface area contributed by atoms with E-state index in [4.69, 9.17) is 14.2 Å². The largest absolute Gasteiger partial charge is 0.497 e. The monoisotopic (exact) mass is 525 g/mol. The van der Waals surface area contributed by atoms with Crippen molar-refractivity contribution >= 4 is 30.8 Å². The third-order valence-electron chi connectivity index (χ3n) is 8.40. The highest BCUT2D eigenvalue weighted by Crippen LogP contribution is 2.59. The van der Waals surface area contributed by atoms with Crippen molar-refractivity contribution in [2.75, 3.05) is 32.3 Å². The molecule has 37 heavy (non-hydrogen) atoms. The molecule has 2 aromatic carbocycles. The molecule has 2 heterocycles. The van der Waals surface area contributed by atoms with Gasteiger partial charge >= 0.3 is 5.97 Å². The van der Waals surface area contributed by atoms with E-state index in [0.717, 1.165) is 17.0 Å². The van der Waals surface area contributed by atoms with E-state index >= 15 is 0 Å². The Morgan fingerprint density at radius 1 is 1.11 bits per heavy atom. The number of esters is 1. The van der Waals surface area contributed by atoms with Crippen LogP contribution in [0, 0.1) is 5.92 Å². The van der Waals surface area contributed by atoms with Crippen molar-refractivity contribution in [2.24, 2.45) is 5.92 Å². The molecule has 1 spiro atoms. The van der Waals surface area contributed by atoms with Gasteiger partial charge in [0.15, 0.2) is 5.60 Å². The number of amides is 1. The molecule has 0 saturated carbocycles. The number of ether oxygens (including phenoxy) is 3. The lowest BCUT2D eigenvalue weighted by Gasteiger charge is -2.37. The fourth-order valence-corrected chi connectivity index (χ4v) is 10.6. The Hall–Kier alpha value is -2.68. The molecule has 0 unspecified atom stereocenters. The summed E-state index contributed by atoms with van der Waals surface area (Å²) in [5, 5.41) is 11.2. The molecule has 0 bridgehead atoms. The summed E-state index contributed by atoms with van der Waals surface area (Å²) >= 11 is 0. The average Bonchev–Trinajstić information content (AvgIpc) is 3.33. The zero-order valence-electron chi connectivity index (χ0n) is 22.5. The van der Waals surface area contributed by atoms with Gasteiger partial charge in [-0.05, 0) is 43.0 Å². The summed E-state index contributed by atoms with van der Waals surface area (Å²) in [6.45, 7) is 7.33. The highest BCUT2D eigenvalue weighted by molar-refractivity contribution is 6.91. The molecule has 4 atom stereocenters. The van der Waals surface area contributed by atoms with E-state index in [9.17, 15) is 14.7 Å². The number of unbranched alkanes of at least 4 members (excludes halogenated alkanes) is 1. The molecule has 1 fully saturated rings. The van der Waals surface area contributed by atoms with Gasteiger partial charge in [0.05, 0.1) is 34.1 Å². The Morgan fingerprint density at radius 2 is 1.81 bits per heavy atom. The van der Waals surface area contributed by atoms with E-state index in [2.05, 4.69) is 32.2 Å². The first-order chi connectivity index (χ1) is 17.7. The van der Waals surface area contributed by atoms with E-state index in [0.29, 0.717) is 32.2 Å². The molecule has 200 valence electrons. The van der Waals surface area contributed by atoms with E-state index in [1.165, 1.54) is 12.3 Å². The van der Waals surface area contributed by atoms with Crippen LogP contribution in [0.4, 0.5) is 5.69 Å². The molecule has 1 amide bonds. The number of fused-ring (bicyclic) bond motifs is 2. The summed E-state index contributed by atoms with van der Waals surface area (Å²) in [6.07, 6.45) is 1.92. The Kier molecular flexibility index (Phi) is 8.11. The van der Waals surface area contributed by atoms with Crippen LogP contribution in [0.3, 0.4) is 0 Å². The highest BCUT2D eigenvalue weighted by Gasteiger charge is 2.65. The molecule has 2 aromatic rings. The van der Waals surface area contributed by atoms with Gasteiger partial charge in [0.2, 0.25) is 0 Å². The van der Waals surface area contributed by atoms with Gasteiger partial charge in [-0.25, -0.2) is 0 Å². The smallest absolute Gasteiger partial charge is 0.305 e. The van der Waals surface area contributed by atoms with Crippen molar-refractivity contribution in [2.45, 2.75) is 62.9 Å². The quantitative estimate of drug-likeness (QED) is 0.287. The Balaban J connectivity index is 1.69. The first-order valence-electron chi connectivity index (χ1n) is 13.1. The maximum Gasteiger partial charge on any atom is 0.305 e. The number of para-hydroxylation sites is 1. The van der Waals surface area contributed by atoms with Gasteiger partial charge < -0.3 is 24.2 Å². The fourth-order valence-electron chi connectivity index (χ4n) is 6.53. The van der Waals surface area contributed by atoms with Crippen LogP contribution in [0.5, 0.6) is 5.75 Å². The summed E-state index contributed by atoms with van der Waals surface area (Å²) in [5.41, 5.74) is 0.819. The van der Waals surface area contributed by atoms with Gasteiger partial charge in [0.25, 0.3) is 5.91 Å². The summed E-state index contributed by atoms with van der Waals surface area (Å²) in [4.78, 5) is 27.7. The second-order valence-corrected chi connectivity index (χ2v) is 15.4. The molecule has 1 N–H and O–H groups in total. The van der Waals surface area contributed by atoms with Crippen LogP contribution in [0.25, 0.3) is 0 Å². The number of benzene rings is 2. The van der Waals surface area contributed by atoms with Gasteiger partial charge in [-0.3, -0.25) is 9.59 Å².